The van der Waals surface area contributed by atoms with Crippen LogP contribution in [0.15, 0.2) is 10.6 Å². The molecule has 0 aromatic carbocycles. The highest BCUT2D eigenvalue weighted by molar-refractivity contribution is 7.16. The fraction of sp³-hybridized carbons (Fsp3) is 0.471. The third kappa shape index (κ3) is 3.15. The van der Waals surface area contributed by atoms with Gasteiger partial charge in [-0.15, -0.1) is 11.3 Å². The van der Waals surface area contributed by atoms with Crippen molar-refractivity contribution in [3.63, 3.8) is 0 Å². The highest BCUT2D eigenvalue weighted by Gasteiger charge is 2.26. The minimum atomic E-state index is -0.331. The molecule has 1 amide bonds. The molecule has 0 saturated carbocycles. The number of hydrogen-bond acceptors (Lipinski definition) is 5. The van der Waals surface area contributed by atoms with Gasteiger partial charge in [0, 0.05) is 10.9 Å². The maximum absolute atomic E-state index is 12.2. The summed E-state index contributed by atoms with van der Waals surface area (Å²) in [7, 11) is 0. The Morgan fingerprint density at radius 1 is 1.61 bits per heavy atom. The standard InChI is InChI=1S/C17H19N3O2S/c1-3-4-11-5-6-12-13(9-18)17(23-15(12)8-11)19-16(21)14-7-10(2)22-20-14/h7,11H,3-6,8H2,1-2H3,(H,19,21). The maximum atomic E-state index is 12.2. The van der Waals surface area contributed by atoms with Crippen molar-refractivity contribution in [1.82, 2.24) is 5.16 Å². The van der Waals surface area contributed by atoms with E-state index in [1.54, 1.807) is 13.0 Å². The molecular weight excluding hydrogens is 310 g/mol. The van der Waals surface area contributed by atoms with Crippen molar-refractivity contribution in [3.05, 3.63) is 33.5 Å². The number of anilines is 1. The van der Waals surface area contributed by atoms with Crippen LogP contribution in [0, 0.1) is 24.2 Å². The first kappa shape index (κ1) is 15.8. The second kappa shape index (κ2) is 6.55. The number of carbonyl (C=O) groups is 1. The van der Waals surface area contributed by atoms with Crippen LogP contribution >= 0.6 is 11.3 Å². The number of amides is 1. The number of nitrogens with zero attached hydrogens (tertiary/aromatic N) is 2. The van der Waals surface area contributed by atoms with E-state index in [4.69, 9.17) is 4.52 Å². The zero-order valence-corrected chi connectivity index (χ0v) is 14.1. The lowest BCUT2D eigenvalue weighted by molar-refractivity contribution is 0.101. The zero-order valence-electron chi connectivity index (χ0n) is 13.3. The van der Waals surface area contributed by atoms with Crippen molar-refractivity contribution in [3.8, 4) is 6.07 Å². The van der Waals surface area contributed by atoms with Crippen molar-refractivity contribution in [2.24, 2.45) is 5.92 Å². The number of fused-ring (bicyclic) bond motifs is 1. The molecule has 2 aromatic heterocycles. The summed E-state index contributed by atoms with van der Waals surface area (Å²) in [5.41, 5.74) is 1.98. The van der Waals surface area contributed by atoms with Gasteiger partial charge in [0.2, 0.25) is 0 Å². The average Bonchev–Trinajstić information content (AvgIpc) is 3.10. The van der Waals surface area contributed by atoms with Crippen LogP contribution in [0.25, 0.3) is 0 Å². The lowest BCUT2D eigenvalue weighted by Gasteiger charge is -2.21. The Kier molecular flexibility index (Phi) is 4.49. The van der Waals surface area contributed by atoms with Crippen LogP contribution in [0.2, 0.25) is 0 Å². The highest BCUT2D eigenvalue weighted by Crippen LogP contribution is 2.40. The molecule has 1 atom stereocenters. The number of thiophene rings is 1. The first-order valence-corrected chi connectivity index (χ1v) is 8.73. The summed E-state index contributed by atoms with van der Waals surface area (Å²) in [4.78, 5) is 13.5. The Bertz CT molecular complexity index is 769. The molecule has 3 rings (SSSR count). The number of nitriles is 1. The summed E-state index contributed by atoms with van der Waals surface area (Å²) >= 11 is 1.53. The Hall–Kier alpha value is -2.13. The molecule has 23 heavy (non-hydrogen) atoms. The van der Waals surface area contributed by atoms with E-state index >= 15 is 0 Å². The van der Waals surface area contributed by atoms with Gasteiger partial charge in [0.25, 0.3) is 5.91 Å². The fourth-order valence-electron chi connectivity index (χ4n) is 3.16. The Labute approximate surface area is 139 Å². The molecule has 0 spiro atoms. The molecule has 0 saturated heterocycles. The summed E-state index contributed by atoms with van der Waals surface area (Å²) in [5, 5.41) is 16.7. The molecule has 6 heteroatoms. The average molecular weight is 329 g/mol. The molecule has 1 unspecified atom stereocenters. The first-order valence-electron chi connectivity index (χ1n) is 7.91. The van der Waals surface area contributed by atoms with Crippen molar-refractivity contribution in [2.45, 2.75) is 46.0 Å². The molecule has 1 aliphatic rings. The van der Waals surface area contributed by atoms with E-state index in [0.29, 0.717) is 22.2 Å². The van der Waals surface area contributed by atoms with Crippen LogP contribution in [0.1, 0.15) is 58.4 Å². The molecule has 1 N–H and O–H groups in total. The third-order valence-corrected chi connectivity index (χ3v) is 5.43. The molecular formula is C17H19N3O2S. The van der Waals surface area contributed by atoms with E-state index in [9.17, 15) is 10.1 Å². The largest absolute Gasteiger partial charge is 0.361 e. The minimum Gasteiger partial charge on any atom is -0.361 e. The van der Waals surface area contributed by atoms with E-state index in [-0.39, 0.29) is 11.6 Å². The van der Waals surface area contributed by atoms with Gasteiger partial charge in [0.05, 0.1) is 5.56 Å². The molecule has 0 radical (unpaired) electrons. The SMILES string of the molecule is CCCC1CCc2c(sc(NC(=O)c3cc(C)on3)c2C#N)C1. The lowest BCUT2D eigenvalue weighted by Crippen LogP contribution is -2.13. The van der Waals surface area contributed by atoms with E-state index in [1.807, 2.05) is 0 Å². The Balaban J connectivity index is 1.83. The number of aryl methyl sites for hydroxylation is 1. The topological polar surface area (TPSA) is 78.9 Å². The van der Waals surface area contributed by atoms with Crippen LogP contribution in [-0.4, -0.2) is 11.1 Å². The third-order valence-electron chi connectivity index (χ3n) is 4.26. The van der Waals surface area contributed by atoms with Gasteiger partial charge in [-0.1, -0.05) is 24.9 Å². The van der Waals surface area contributed by atoms with Gasteiger partial charge >= 0.3 is 0 Å². The maximum Gasteiger partial charge on any atom is 0.278 e. The van der Waals surface area contributed by atoms with E-state index in [1.165, 1.54) is 29.1 Å². The van der Waals surface area contributed by atoms with Crippen LogP contribution in [0.3, 0.4) is 0 Å². The summed E-state index contributed by atoms with van der Waals surface area (Å²) in [6.07, 6.45) is 5.48. The number of nitrogens with one attached hydrogen (secondary N) is 1. The van der Waals surface area contributed by atoms with E-state index < -0.39 is 0 Å². The van der Waals surface area contributed by atoms with Gasteiger partial charge in [-0.2, -0.15) is 5.26 Å². The smallest absolute Gasteiger partial charge is 0.278 e. The molecule has 0 bridgehead atoms. The first-order chi connectivity index (χ1) is 11.1. The minimum absolute atomic E-state index is 0.238. The highest BCUT2D eigenvalue weighted by atomic mass is 32.1. The molecule has 120 valence electrons. The van der Waals surface area contributed by atoms with Gasteiger partial charge in [-0.05, 0) is 37.7 Å². The van der Waals surface area contributed by atoms with Gasteiger partial charge < -0.3 is 9.84 Å². The molecule has 0 aliphatic heterocycles. The monoisotopic (exact) mass is 329 g/mol. The van der Waals surface area contributed by atoms with Gasteiger partial charge in [0.1, 0.15) is 16.8 Å². The molecule has 2 heterocycles. The van der Waals surface area contributed by atoms with Crippen molar-refractivity contribution in [1.29, 1.82) is 5.26 Å². The molecule has 5 nitrogen and oxygen atoms in total. The van der Waals surface area contributed by atoms with Crippen molar-refractivity contribution < 1.29 is 9.32 Å². The zero-order chi connectivity index (χ0) is 16.4. The summed E-state index contributed by atoms with van der Waals surface area (Å²) in [6.45, 7) is 3.94. The van der Waals surface area contributed by atoms with Crippen LogP contribution < -0.4 is 5.32 Å². The van der Waals surface area contributed by atoms with Gasteiger partial charge in [-0.3, -0.25) is 4.79 Å². The van der Waals surface area contributed by atoms with Crippen LogP contribution in [-0.2, 0) is 12.8 Å². The van der Waals surface area contributed by atoms with Crippen LogP contribution in [0.4, 0.5) is 5.00 Å². The molecule has 2 aromatic rings. The van der Waals surface area contributed by atoms with E-state index in [2.05, 4.69) is 23.5 Å². The quantitative estimate of drug-likeness (QED) is 0.917. The number of hydrogen-bond donors (Lipinski definition) is 1. The Morgan fingerprint density at radius 3 is 3.09 bits per heavy atom. The summed E-state index contributed by atoms with van der Waals surface area (Å²) in [6, 6.07) is 3.85. The summed E-state index contributed by atoms with van der Waals surface area (Å²) in [5.74, 6) is 0.949. The van der Waals surface area contributed by atoms with Crippen molar-refractivity contribution in [2.75, 3.05) is 5.32 Å². The second-order valence-electron chi connectivity index (χ2n) is 5.99. The number of carbonyl (C=O) groups excluding carboxylic acids is 1. The normalized spacial score (nSPS) is 16.7. The van der Waals surface area contributed by atoms with Crippen molar-refractivity contribution >= 4 is 22.2 Å². The Morgan fingerprint density at radius 2 is 2.43 bits per heavy atom. The predicted octanol–water partition coefficient (Wildman–Crippen LogP) is 4.07. The molecule has 0 fully saturated rings. The number of rotatable bonds is 4. The number of aromatic nitrogens is 1. The molecule has 1 aliphatic carbocycles. The van der Waals surface area contributed by atoms with Crippen LogP contribution in [0.5, 0.6) is 0 Å². The summed E-state index contributed by atoms with van der Waals surface area (Å²) < 4.78 is 4.93. The fourth-order valence-corrected chi connectivity index (χ4v) is 4.46. The predicted molar refractivity (Wildman–Crippen MR) is 88.7 cm³/mol. The van der Waals surface area contributed by atoms with Gasteiger partial charge in [-0.25, -0.2) is 0 Å². The second-order valence-corrected chi connectivity index (χ2v) is 7.10. The van der Waals surface area contributed by atoms with Gasteiger partial charge in [0.15, 0.2) is 5.69 Å². The van der Waals surface area contributed by atoms with E-state index in [0.717, 1.165) is 24.8 Å². The lowest BCUT2D eigenvalue weighted by atomic mass is 9.85.